The summed E-state index contributed by atoms with van der Waals surface area (Å²) in [5, 5.41) is -0.0100. The van der Waals surface area contributed by atoms with Gasteiger partial charge in [0.25, 0.3) is 0 Å². The van der Waals surface area contributed by atoms with Crippen LogP contribution in [0.25, 0.3) is 0 Å². The molecule has 0 aromatic carbocycles. The first-order chi connectivity index (χ1) is 29.6. The van der Waals surface area contributed by atoms with Gasteiger partial charge in [-0.15, -0.1) is 0 Å². The molecule has 0 radical (unpaired) electrons. The summed E-state index contributed by atoms with van der Waals surface area (Å²) in [7, 11) is -2.18. The lowest BCUT2D eigenvalue weighted by Crippen LogP contribution is -2.59. The molecule has 2 aliphatic rings. The predicted octanol–water partition coefficient (Wildman–Crippen LogP) is 11.1. The van der Waals surface area contributed by atoms with Crippen LogP contribution in [0.4, 0.5) is 0 Å². The first-order valence-corrected chi connectivity index (χ1v) is 25.5. The van der Waals surface area contributed by atoms with E-state index in [4.69, 9.17) is 32.8 Å². The number of carbonyl (C=O) groups excluding carboxylic acids is 4. The molecule has 0 amide bonds. The number of esters is 4. The van der Waals surface area contributed by atoms with Gasteiger partial charge < -0.3 is 32.8 Å². The van der Waals surface area contributed by atoms with Crippen LogP contribution in [0.3, 0.4) is 0 Å². The second-order valence-corrected chi connectivity index (χ2v) is 23.2. The maximum Gasteiger partial charge on any atom is 0.331 e. The average Bonchev–Trinajstić information content (AvgIpc) is 3.23. The van der Waals surface area contributed by atoms with Crippen LogP contribution in [0.2, 0.25) is 18.1 Å². The van der Waals surface area contributed by atoms with E-state index in [1.165, 1.54) is 30.4 Å². The highest BCUT2D eigenvalue weighted by atomic mass is 28.4. The standard InChI is InChI=1S/C51H78O11Si/c1-14-18-30-50(61-47(54)28-27-46(53)57-35-16-3)32-33-51(60-44(50)25-21-39(6)37-48(55)58-36-17-4)31-29-41(8)42(59-51)23-19-38(5)20-24-43(62-63(12,13)49(9,10)11)40(7)22-26-45(52)56-34-15-2/h15-17,19-22,24-26,37,40-44H,2-4,14,18,23,27-36H2,1,5-13H3/b24-20+,25-21+,26-22+,38-19+,39-37+/t40-,41-,42+,43-,44-,50+,51-/m0/s1. The van der Waals surface area contributed by atoms with Crippen molar-refractivity contribution in [2.45, 2.75) is 167 Å². The van der Waals surface area contributed by atoms with Gasteiger partial charge in [-0.05, 0) is 75.6 Å². The fourth-order valence-electron chi connectivity index (χ4n) is 7.04. The van der Waals surface area contributed by atoms with Crippen molar-refractivity contribution >= 4 is 32.2 Å². The molecule has 0 aliphatic carbocycles. The van der Waals surface area contributed by atoms with E-state index in [1.807, 2.05) is 19.1 Å². The molecule has 0 aromatic rings. The molecule has 2 saturated heterocycles. The third-order valence-electron chi connectivity index (χ3n) is 12.0. The van der Waals surface area contributed by atoms with Gasteiger partial charge >= 0.3 is 23.9 Å². The van der Waals surface area contributed by atoms with E-state index in [-0.39, 0.29) is 61.7 Å². The molecule has 0 N–H and O–H groups in total. The highest BCUT2D eigenvalue weighted by Gasteiger charge is 2.54. The topological polar surface area (TPSA) is 133 Å². The van der Waals surface area contributed by atoms with E-state index in [9.17, 15) is 19.2 Å². The van der Waals surface area contributed by atoms with Gasteiger partial charge in [-0.2, -0.15) is 0 Å². The third kappa shape index (κ3) is 18.9. The molecule has 352 valence electrons. The van der Waals surface area contributed by atoms with Crippen molar-refractivity contribution in [2.75, 3.05) is 19.8 Å². The van der Waals surface area contributed by atoms with Crippen molar-refractivity contribution in [3.8, 4) is 0 Å². The van der Waals surface area contributed by atoms with Crippen LogP contribution in [0.1, 0.15) is 120 Å². The number of carbonyl (C=O) groups is 4. The molecule has 2 heterocycles. The Hall–Kier alpha value is -4.10. The third-order valence-corrected chi connectivity index (χ3v) is 16.5. The Morgan fingerprint density at radius 3 is 2.10 bits per heavy atom. The van der Waals surface area contributed by atoms with Crippen LogP contribution in [0.15, 0.2) is 97.7 Å². The fourth-order valence-corrected chi connectivity index (χ4v) is 8.37. The van der Waals surface area contributed by atoms with E-state index < -0.39 is 49.7 Å². The average molecular weight is 895 g/mol. The lowest BCUT2D eigenvalue weighted by molar-refractivity contribution is -0.344. The molecule has 11 nitrogen and oxygen atoms in total. The van der Waals surface area contributed by atoms with E-state index in [0.717, 1.165) is 24.8 Å². The predicted molar refractivity (Wildman–Crippen MR) is 252 cm³/mol. The highest BCUT2D eigenvalue weighted by Crippen LogP contribution is 2.48. The van der Waals surface area contributed by atoms with Gasteiger partial charge in [0.05, 0.1) is 25.0 Å². The number of hydrogen-bond acceptors (Lipinski definition) is 11. The van der Waals surface area contributed by atoms with Crippen molar-refractivity contribution in [2.24, 2.45) is 11.8 Å². The van der Waals surface area contributed by atoms with Gasteiger partial charge in [0.1, 0.15) is 31.5 Å². The summed E-state index contributed by atoms with van der Waals surface area (Å²) in [5.74, 6) is -2.72. The molecule has 63 heavy (non-hydrogen) atoms. The zero-order valence-corrected chi connectivity index (χ0v) is 41.0. The van der Waals surface area contributed by atoms with E-state index in [0.29, 0.717) is 37.7 Å². The quantitative estimate of drug-likeness (QED) is 0.0217. The summed E-state index contributed by atoms with van der Waals surface area (Å²) < 4.78 is 42.6. The normalized spacial score (nSPS) is 24.6. The molecule has 0 bridgehead atoms. The summed E-state index contributed by atoms with van der Waals surface area (Å²) in [6.45, 7) is 32.3. The van der Waals surface area contributed by atoms with Crippen LogP contribution < -0.4 is 0 Å². The molecule has 0 aromatic heterocycles. The first kappa shape index (κ1) is 55.0. The van der Waals surface area contributed by atoms with Crippen molar-refractivity contribution in [1.29, 1.82) is 0 Å². The Bertz CT molecular complexity index is 1700. The second-order valence-electron chi connectivity index (χ2n) is 18.4. The summed E-state index contributed by atoms with van der Waals surface area (Å²) in [6.07, 6.45) is 23.1. The van der Waals surface area contributed by atoms with Crippen LogP contribution in [0.5, 0.6) is 0 Å². The minimum atomic E-state index is -2.18. The van der Waals surface area contributed by atoms with E-state index in [2.05, 4.69) is 92.6 Å². The van der Waals surface area contributed by atoms with Crippen LogP contribution >= 0.6 is 0 Å². The summed E-state index contributed by atoms with van der Waals surface area (Å²) >= 11 is 0. The molecule has 1 spiro atoms. The molecule has 0 unspecified atom stereocenters. The number of unbranched alkanes of at least 4 members (excludes halogenated alkanes) is 1. The Morgan fingerprint density at radius 2 is 1.46 bits per heavy atom. The van der Waals surface area contributed by atoms with E-state index >= 15 is 0 Å². The number of rotatable bonds is 25. The maximum atomic E-state index is 13.5. The van der Waals surface area contributed by atoms with Gasteiger partial charge in [0.2, 0.25) is 0 Å². The molecule has 2 fully saturated rings. The second kappa shape index (κ2) is 26.6. The molecular formula is C51H78O11Si. The van der Waals surface area contributed by atoms with Gasteiger partial charge in [-0.1, -0.05) is 128 Å². The number of hydrogen-bond donors (Lipinski definition) is 0. The van der Waals surface area contributed by atoms with Gasteiger partial charge in [-0.25, -0.2) is 9.59 Å². The summed E-state index contributed by atoms with van der Waals surface area (Å²) in [6, 6.07) is 0. The van der Waals surface area contributed by atoms with E-state index in [1.54, 1.807) is 13.0 Å². The fraction of sp³-hybridized carbons (Fsp3) is 0.608. The molecule has 2 rings (SSSR count). The molecule has 2 aliphatic heterocycles. The molecule has 0 saturated carbocycles. The summed E-state index contributed by atoms with van der Waals surface area (Å²) in [5.41, 5.74) is 0.647. The van der Waals surface area contributed by atoms with Crippen molar-refractivity contribution < 1.29 is 52.0 Å². The summed E-state index contributed by atoms with van der Waals surface area (Å²) in [4.78, 5) is 50.3. The largest absolute Gasteiger partial charge is 0.461 e. The minimum Gasteiger partial charge on any atom is -0.461 e. The van der Waals surface area contributed by atoms with Crippen LogP contribution in [-0.4, -0.2) is 81.7 Å². The monoisotopic (exact) mass is 895 g/mol. The zero-order valence-electron chi connectivity index (χ0n) is 40.0. The molecular weight excluding hydrogens is 817 g/mol. The first-order valence-electron chi connectivity index (χ1n) is 22.6. The number of ether oxygens (including phenoxy) is 6. The maximum absolute atomic E-state index is 13.5. The number of allylic oxidation sites excluding steroid dienone is 4. The lowest BCUT2D eigenvalue weighted by atomic mass is 9.78. The zero-order chi connectivity index (χ0) is 47.3. The van der Waals surface area contributed by atoms with Gasteiger partial charge in [0, 0.05) is 30.9 Å². The highest BCUT2D eigenvalue weighted by molar-refractivity contribution is 6.74. The Morgan fingerprint density at radius 1 is 0.825 bits per heavy atom. The van der Waals surface area contributed by atoms with Crippen molar-refractivity contribution in [3.63, 3.8) is 0 Å². The van der Waals surface area contributed by atoms with Crippen LogP contribution in [0, 0.1) is 11.8 Å². The Labute approximate surface area is 379 Å². The Kier molecular flexibility index (Phi) is 23.3. The minimum absolute atomic E-state index is 0.0100. The molecule has 12 heteroatoms. The van der Waals surface area contributed by atoms with Crippen molar-refractivity contribution in [1.82, 2.24) is 0 Å². The van der Waals surface area contributed by atoms with Crippen molar-refractivity contribution in [3.05, 3.63) is 97.7 Å². The molecule has 7 atom stereocenters. The van der Waals surface area contributed by atoms with Gasteiger partial charge in [-0.3, -0.25) is 9.59 Å². The van der Waals surface area contributed by atoms with Gasteiger partial charge in [0.15, 0.2) is 14.1 Å². The SMILES string of the molecule is C=CCOC(=O)/C=C/[C@H](C)[C@H](/C=C/C(C)=C/C[C@H]1O[C@]2(CC[C@@H]1C)CC[C@@](CCCC)(OC(=O)CCC(=O)OCC=C)[C@H](/C=C/C(C)=C/C(=O)OCC=C)O2)O[Si](C)(C)C(C)(C)C. The lowest BCUT2D eigenvalue weighted by Gasteiger charge is -2.53. The Balaban J connectivity index is 2.43. The smallest absolute Gasteiger partial charge is 0.331 e. The van der Waals surface area contributed by atoms with Crippen LogP contribution in [-0.2, 0) is 52.0 Å².